The molecule has 2 rings (SSSR count). The molecule has 0 spiro atoms. The maximum atomic E-state index is 12.1. The van der Waals surface area contributed by atoms with Crippen molar-refractivity contribution in [1.82, 2.24) is 0 Å². The number of ketones is 1. The summed E-state index contributed by atoms with van der Waals surface area (Å²) in [6, 6.07) is 1.81. The third-order valence-electron chi connectivity index (χ3n) is 3.33. The van der Waals surface area contributed by atoms with Gasteiger partial charge in [0.25, 0.3) is 0 Å². The third kappa shape index (κ3) is 2.26. The van der Waals surface area contributed by atoms with Crippen LogP contribution in [0.1, 0.15) is 42.3 Å². The Morgan fingerprint density at radius 3 is 2.93 bits per heavy atom. The Kier molecular flexibility index (Phi) is 3.47. The van der Waals surface area contributed by atoms with Crippen LogP contribution < -0.4 is 0 Å². The maximum Gasteiger partial charge on any atom is 0.177 e. The van der Waals surface area contributed by atoms with Gasteiger partial charge in [-0.1, -0.05) is 24.9 Å². The summed E-state index contributed by atoms with van der Waals surface area (Å²) in [4.78, 5) is 12.9. The van der Waals surface area contributed by atoms with Gasteiger partial charge in [-0.15, -0.1) is 11.3 Å². The molecule has 1 heterocycles. The van der Waals surface area contributed by atoms with Crippen molar-refractivity contribution in [2.24, 2.45) is 11.8 Å². The van der Waals surface area contributed by atoms with E-state index < -0.39 is 0 Å². The second-order valence-electron chi connectivity index (χ2n) is 4.25. The van der Waals surface area contributed by atoms with E-state index in [-0.39, 0.29) is 11.7 Å². The van der Waals surface area contributed by atoms with E-state index in [0.29, 0.717) is 5.02 Å². The first-order chi connectivity index (χ1) is 7.22. The second kappa shape index (κ2) is 4.67. The number of Topliss-reactive ketones (excluding diaryl/α,β-unsaturated/α-hetero) is 1. The average molecular weight is 243 g/mol. The molecule has 2 unspecified atom stereocenters. The van der Waals surface area contributed by atoms with E-state index >= 15 is 0 Å². The summed E-state index contributed by atoms with van der Waals surface area (Å²) in [7, 11) is 0. The number of thiophene rings is 1. The van der Waals surface area contributed by atoms with E-state index in [9.17, 15) is 4.79 Å². The molecule has 0 amide bonds. The van der Waals surface area contributed by atoms with E-state index in [0.717, 1.165) is 23.6 Å². The molecular formula is C12H15ClOS. The predicted octanol–water partition coefficient (Wildman–Crippen LogP) is 4.41. The molecular weight excluding hydrogens is 228 g/mol. The van der Waals surface area contributed by atoms with Crippen molar-refractivity contribution in [2.75, 3.05) is 0 Å². The Hall–Kier alpha value is -0.340. The van der Waals surface area contributed by atoms with Gasteiger partial charge in [0.1, 0.15) is 0 Å². The summed E-state index contributed by atoms with van der Waals surface area (Å²) >= 11 is 7.44. The van der Waals surface area contributed by atoms with Crippen molar-refractivity contribution < 1.29 is 4.79 Å². The lowest BCUT2D eigenvalue weighted by atomic mass is 9.98. The minimum absolute atomic E-state index is 0.228. The van der Waals surface area contributed by atoms with Gasteiger partial charge in [0.05, 0.1) is 9.90 Å². The molecule has 0 radical (unpaired) electrons. The molecule has 15 heavy (non-hydrogen) atoms. The zero-order valence-corrected chi connectivity index (χ0v) is 10.4. The largest absolute Gasteiger partial charge is 0.293 e. The number of hydrogen-bond acceptors (Lipinski definition) is 2. The van der Waals surface area contributed by atoms with Crippen molar-refractivity contribution in [1.29, 1.82) is 0 Å². The van der Waals surface area contributed by atoms with E-state index in [1.807, 2.05) is 11.4 Å². The molecule has 0 saturated heterocycles. The van der Waals surface area contributed by atoms with Gasteiger partial charge in [-0.3, -0.25) is 4.79 Å². The van der Waals surface area contributed by atoms with Crippen molar-refractivity contribution in [2.45, 2.75) is 32.6 Å². The van der Waals surface area contributed by atoms with Crippen LogP contribution in [0.5, 0.6) is 0 Å². The molecule has 0 aliphatic heterocycles. The lowest BCUT2D eigenvalue weighted by Crippen LogP contribution is -2.10. The quantitative estimate of drug-likeness (QED) is 0.718. The van der Waals surface area contributed by atoms with Crippen molar-refractivity contribution >= 4 is 28.7 Å². The Morgan fingerprint density at radius 1 is 1.60 bits per heavy atom. The first-order valence-electron chi connectivity index (χ1n) is 5.49. The zero-order valence-electron chi connectivity index (χ0n) is 8.83. The smallest absolute Gasteiger partial charge is 0.177 e. The van der Waals surface area contributed by atoms with Crippen LogP contribution in [0.15, 0.2) is 11.4 Å². The number of rotatable bonds is 3. The van der Waals surface area contributed by atoms with E-state index in [4.69, 9.17) is 11.6 Å². The minimum Gasteiger partial charge on any atom is -0.293 e. The monoisotopic (exact) mass is 242 g/mol. The molecule has 3 heteroatoms. The van der Waals surface area contributed by atoms with Gasteiger partial charge in [0.15, 0.2) is 5.78 Å². The Balaban J connectivity index is 2.07. The van der Waals surface area contributed by atoms with Gasteiger partial charge in [-0.05, 0) is 36.6 Å². The lowest BCUT2D eigenvalue weighted by Gasteiger charge is -2.07. The molecule has 1 fully saturated rings. The molecule has 1 saturated carbocycles. The third-order valence-corrected chi connectivity index (χ3v) is 4.69. The molecule has 82 valence electrons. The van der Waals surface area contributed by atoms with Crippen LogP contribution in [0.4, 0.5) is 0 Å². The zero-order chi connectivity index (χ0) is 10.8. The molecule has 0 aromatic carbocycles. The van der Waals surface area contributed by atoms with Crippen LogP contribution in [0.3, 0.4) is 0 Å². The fourth-order valence-electron chi connectivity index (χ4n) is 2.34. The standard InChI is InChI=1S/C12H15ClOS/c1-2-8-3-4-9(7-8)11(14)12-10(13)5-6-15-12/h5-6,8-9H,2-4,7H2,1H3. The Labute approximate surface area is 99.5 Å². The minimum atomic E-state index is 0.228. The van der Waals surface area contributed by atoms with Crippen LogP contribution in [0, 0.1) is 11.8 Å². The number of hydrogen-bond donors (Lipinski definition) is 0. The Morgan fingerprint density at radius 2 is 2.40 bits per heavy atom. The van der Waals surface area contributed by atoms with E-state index in [1.54, 1.807) is 0 Å². The lowest BCUT2D eigenvalue weighted by molar-refractivity contribution is 0.0924. The highest BCUT2D eigenvalue weighted by Crippen LogP contribution is 2.37. The molecule has 1 aliphatic rings. The van der Waals surface area contributed by atoms with E-state index in [1.165, 1.54) is 24.2 Å². The number of carbonyl (C=O) groups excluding carboxylic acids is 1. The van der Waals surface area contributed by atoms with Gasteiger partial charge >= 0.3 is 0 Å². The summed E-state index contributed by atoms with van der Waals surface area (Å²) in [5.41, 5.74) is 0. The highest BCUT2D eigenvalue weighted by atomic mass is 35.5. The first kappa shape index (κ1) is 11.2. The summed E-state index contributed by atoms with van der Waals surface area (Å²) < 4.78 is 0. The topological polar surface area (TPSA) is 17.1 Å². The van der Waals surface area contributed by atoms with E-state index in [2.05, 4.69) is 6.92 Å². The predicted molar refractivity (Wildman–Crippen MR) is 64.8 cm³/mol. The Bertz CT molecular complexity index is 358. The highest BCUT2D eigenvalue weighted by Gasteiger charge is 2.30. The van der Waals surface area contributed by atoms with Crippen LogP contribution in [0.25, 0.3) is 0 Å². The molecule has 1 nitrogen and oxygen atoms in total. The summed E-state index contributed by atoms with van der Waals surface area (Å²) in [6.45, 7) is 2.20. The second-order valence-corrected chi connectivity index (χ2v) is 5.57. The normalized spacial score (nSPS) is 25.7. The molecule has 1 aromatic rings. The number of carbonyl (C=O) groups is 1. The van der Waals surface area contributed by atoms with Gasteiger partial charge < -0.3 is 0 Å². The van der Waals surface area contributed by atoms with Crippen molar-refractivity contribution in [3.63, 3.8) is 0 Å². The fourth-order valence-corrected chi connectivity index (χ4v) is 3.51. The van der Waals surface area contributed by atoms with Crippen LogP contribution in [-0.4, -0.2) is 5.78 Å². The maximum absolute atomic E-state index is 12.1. The molecule has 1 aromatic heterocycles. The SMILES string of the molecule is CCC1CCC(C(=O)c2sccc2Cl)C1. The van der Waals surface area contributed by atoms with Gasteiger partial charge in [-0.25, -0.2) is 0 Å². The summed E-state index contributed by atoms with van der Waals surface area (Å²) in [5, 5.41) is 2.52. The van der Waals surface area contributed by atoms with Gasteiger partial charge in [0.2, 0.25) is 0 Å². The van der Waals surface area contributed by atoms with Crippen molar-refractivity contribution in [3.05, 3.63) is 21.3 Å². The van der Waals surface area contributed by atoms with Gasteiger partial charge in [0, 0.05) is 5.92 Å². The summed E-state index contributed by atoms with van der Waals surface area (Å²) in [5.74, 6) is 1.25. The average Bonchev–Trinajstić information content (AvgIpc) is 2.84. The highest BCUT2D eigenvalue weighted by molar-refractivity contribution is 7.12. The fraction of sp³-hybridized carbons (Fsp3) is 0.583. The molecule has 1 aliphatic carbocycles. The first-order valence-corrected chi connectivity index (χ1v) is 6.75. The van der Waals surface area contributed by atoms with Crippen LogP contribution >= 0.6 is 22.9 Å². The molecule has 2 atom stereocenters. The van der Waals surface area contributed by atoms with Crippen LogP contribution in [-0.2, 0) is 0 Å². The van der Waals surface area contributed by atoms with Gasteiger partial charge in [-0.2, -0.15) is 0 Å². The van der Waals surface area contributed by atoms with Crippen molar-refractivity contribution in [3.8, 4) is 0 Å². The summed E-state index contributed by atoms with van der Waals surface area (Å²) in [6.07, 6.45) is 4.51. The number of halogens is 1. The molecule has 0 bridgehead atoms. The molecule has 0 N–H and O–H groups in total. The van der Waals surface area contributed by atoms with Crippen LogP contribution in [0.2, 0.25) is 5.02 Å².